The first-order valence-corrected chi connectivity index (χ1v) is 10.9. The molecule has 0 unspecified atom stereocenters. The third-order valence-corrected chi connectivity index (χ3v) is 10.8. The summed E-state index contributed by atoms with van der Waals surface area (Å²) in [5, 5.41) is 0. The van der Waals surface area contributed by atoms with Crippen LogP contribution in [-0.2, 0) is 0 Å². The topological polar surface area (TPSA) is 43.1 Å². The molecule has 0 rings (SSSR count). The molecule has 1 amide bonds. The molecule has 0 aromatic rings. The number of hydrogen-bond acceptors (Lipinski definition) is 1. The summed E-state index contributed by atoms with van der Waals surface area (Å²) in [6, 6.07) is 0. The Labute approximate surface area is 71.2 Å². The van der Waals surface area contributed by atoms with Crippen LogP contribution in [-0.4, -0.2) is 21.7 Å². The molecule has 0 aliphatic rings. The second-order valence-electron chi connectivity index (χ2n) is 4.99. The van der Waals surface area contributed by atoms with E-state index >= 15 is 0 Å². The highest BCUT2D eigenvalue weighted by Crippen LogP contribution is 2.19. The van der Waals surface area contributed by atoms with Gasteiger partial charge in [-0.15, -0.1) is 0 Å². The summed E-state index contributed by atoms with van der Waals surface area (Å²) in [6.45, 7) is 11.0. The Kier molecular flexibility index (Phi) is 3.08. The molecule has 0 saturated heterocycles. The molecule has 0 aliphatic heterocycles. The number of primary amides is 1. The van der Waals surface area contributed by atoms with Gasteiger partial charge in [0.1, 0.15) is 0 Å². The Morgan fingerprint density at radius 3 is 1.64 bits per heavy atom. The van der Waals surface area contributed by atoms with Gasteiger partial charge < -0.3 is 5.73 Å². The second-order valence-corrected chi connectivity index (χ2v) is 15.8. The maximum absolute atomic E-state index is 11.0. The summed E-state index contributed by atoms with van der Waals surface area (Å²) >= 11 is 0. The van der Waals surface area contributed by atoms with E-state index in [9.17, 15) is 4.79 Å². The molecule has 0 fully saturated rings. The van der Waals surface area contributed by atoms with E-state index in [0.717, 1.165) is 5.67 Å². The summed E-state index contributed by atoms with van der Waals surface area (Å²) in [6.07, 6.45) is 0. The van der Waals surface area contributed by atoms with Gasteiger partial charge >= 0.3 is 0 Å². The van der Waals surface area contributed by atoms with Crippen molar-refractivity contribution in [3.63, 3.8) is 0 Å². The molecule has 66 valence electrons. The fourth-order valence-corrected chi connectivity index (χ4v) is 12.7. The first-order chi connectivity index (χ1) is 4.65. The van der Waals surface area contributed by atoms with E-state index in [1.54, 1.807) is 0 Å². The normalized spacial score (nSPS) is 13.2. The lowest BCUT2D eigenvalue weighted by molar-refractivity contribution is 0.264. The first-order valence-electron chi connectivity index (χ1n) is 3.95. The van der Waals surface area contributed by atoms with Crippen molar-refractivity contribution >= 4 is 21.7 Å². The summed E-state index contributed by atoms with van der Waals surface area (Å²) < 4.78 is 0. The quantitative estimate of drug-likeness (QED) is 0.680. The molecule has 0 heterocycles. The van der Waals surface area contributed by atoms with E-state index in [0.29, 0.717) is 0 Å². The average Bonchev–Trinajstić information content (AvgIpc) is 1.56. The lowest BCUT2D eigenvalue weighted by atomic mass is 11.4. The van der Waals surface area contributed by atoms with Crippen molar-refractivity contribution in [1.82, 2.24) is 0 Å². The summed E-state index contributed by atoms with van der Waals surface area (Å²) in [7, 11) is -2.81. The Bertz CT molecular complexity index is 160. The molecule has 11 heavy (non-hydrogen) atoms. The largest absolute Gasteiger partial charge is 0.374 e. The van der Waals surface area contributed by atoms with E-state index in [1.807, 2.05) is 0 Å². The standard InChI is InChI=1S/C7H19NOSi2/c1-10(2,3)6-11(4,5)7(8)9/h6H2,1-5H3,(H2,8,9). The van der Waals surface area contributed by atoms with Gasteiger partial charge in [0.05, 0.1) is 0 Å². The number of rotatable bonds is 3. The number of amides is 1. The molecular weight excluding hydrogens is 170 g/mol. The van der Waals surface area contributed by atoms with Crippen molar-refractivity contribution in [2.24, 2.45) is 5.73 Å². The van der Waals surface area contributed by atoms with Crippen molar-refractivity contribution in [2.75, 3.05) is 0 Å². The van der Waals surface area contributed by atoms with Crippen molar-refractivity contribution < 1.29 is 4.79 Å². The Balaban J connectivity index is 4.25. The van der Waals surface area contributed by atoms with Crippen molar-refractivity contribution in [2.45, 2.75) is 38.4 Å². The van der Waals surface area contributed by atoms with Crippen LogP contribution in [0.4, 0.5) is 4.79 Å². The Hall–Kier alpha value is -0.0962. The Morgan fingerprint density at radius 1 is 1.18 bits per heavy atom. The van der Waals surface area contributed by atoms with Crippen molar-refractivity contribution in [1.29, 1.82) is 0 Å². The molecule has 2 N–H and O–H groups in total. The maximum Gasteiger partial charge on any atom is 0.189 e. The molecule has 0 radical (unpaired) electrons. The van der Waals surface area contributed by atoms with Gasteiger partial charge in [-0.3, -0.25) is 4.79 Å². The number of carbonyl (C=O) groups excluding carboxylic acids is 1. The van der Waals surface area contributed by atoms with Crippen LogP contribution in [0.3, 0.4) is 0 Å². The van der Waals surface area contributed by atoms with Crippen LogP contribution in [0.1, 0.15) is 0 Å². The minimum absolute atomic E-state index is 0.0417. The predicted octanol–water partition coefficient (Wildman–Crippen LogP) is 2.23. The zero-order valence-corrected chi connectivity index (χ0v) is 10.2. The van der Waals surface area contributed by atoms with Gasteiger partial charge in [0.25, 0.3) is 0 Å². The van der Waals surface area contributed by atoms with Gasteiger partial charge in [-0.05, 0) is 0 Å². The van der Waals surface area contributed by atoms with Gasteiger partial charge in [-0.1, -0.05) is 38.4 Å². The highest BCUT2D eigenvalue weighted by Gasteiger charge is 2.33. The number of carbonyl (C=O) groups is 1. The van der Waals surface area contributed by atoms with Gasteiger partial charge in [-0.2, -0.15) is 0 Å². The molecule has 0 aromatic carbocycles. The van der Waals surface area contributed by atoms with Crippen LogP contribution in [0.25, 0.3) is 0 Å². The molecule has 0 atom stereocenters. The predicted molar refractivity (Wildman–Crippen MR) is 55.2 cm³/mol. The monoisotopic (exact) mass is 189 g/mol. The van der Waals surface area contributed by atoms with Crippen LogP contribution in [0, 0.1) is 0 Å². The SMILES string of the molecule is C[Si](C)(C)C[Si](C)(C)C(N)=O. The minimum atomic E-state index is -1.72. The highest BCUT2D eigenvalue weighted by molar-refractivity contribution is 7.11. The van der Waals surface area contributed by atoms with Crippen molar-refractivity contribution in [3.05, 3.63) is 0 Å². The van der Waals surface area contributed by atoms with Gasteiger partial charge in [0, 0.05) is 8.07 Å². The summed E-state index contributed by atoms with van der Waals surface area (Å²) in [5.41, 5.74) is 6.39. The highest BCUT2D eigenvalue weighted by atomic mass is 28.4. The molecule has 4 heteroatoms. The second kappa shape index (κ2) is 3.10. The van der Waals surface area contributed by atoms with Crippen LogP contribution in [0.2, 0.25) is 38.4 Å². The van der Waals surface area contributed by atoms with Gasteiger partial charge in [0.2, 0.25) is 0 Å². The van der Waals surface area contributed by atoms with E-state index in [4.69, 9.17) is 5.73 Å². The molecule has 0 aromatic heterocycles. The molecule has 0 saturated carbocycles. The van der Waals surface area contributed by atoms with Crippen LogP contribution in [0.5, 0.6) is 0 Å². The molecule has 0 spiro atoms. The number of nitrogens with two attached hydrogens (primary N) is 1. The van der Waals surface area contributed by atoms with Gasteiger partial charge in [-0.25, -0.2) is 0 Å². The van der Waals surface area contributed by atoms with E-state index in [2.05, 4.69) is 32.7 Å². The first kappa shape index (κ1) is 10.9. The van der Waals surface area contributed by atoms with Crippen LogP contribution < -0.4 is 5.73 Å². The lowest BCUT2D eigenvalue weighted by Gasteiger charge is -2.25. The zero-order chi connectivity index (χ0) is 9.28. The maximum atomic E-state index is 11.0. The Morgan fingerprint density at radius 2 is 1.55 bits per heavy atom. The zero-order valence-electron chi connectivity index (χ0n) is 8.19. The van der Waals surface area contributed by atoms with Gasteiger partial charge in [0.15, 0.2) is 13.6 Å². The molecule has 2 nitrogen and oxygen atoms in total. The lowest BCUT2D eigenvalue weighted by Crippen LogP contribution is -2.47. The third kappa shape index (κ3) is 4.37. The third-order valence-electron chi connectivity index (χ3n) is 1.64. The number of hydrogen-bond donors (Lipinski definition) is 1. The van der Waals surface area contributed by atoms with Crippen LogP contribution >= 0.6 is 0 Å². The summed E-state index contributed by atoms with van der Waals surface area (Å²) in [5.74, 6) is 0. The molecule has 0 bridgehead atoms. The molecular formula is C7H19NOSi2. The molecule has 0 aliphatic carbocycles. The summed E-state index contributed by atoms with van der Waals surface area (Å²) in [4.78, 5) is 11.0. The van der Waals surface area contributed by atoms with E-state index in [1.165, 1.54) is 0 Å². The van der Waals surface area contributed by atoms with Crippen molar-refractivity contribution in [3.8, 4) is 0 Å². The van der Waals surface area contributed by atoms with E-state index in [-0.39, 0.29) is 5.53 Å². The average molecular weight is 189 g/mol. The van der Waals surface area contributed by atoms with Crippen LogP contribution in [0.15, 0.2) is 0 Å². The fourth-order valence-electron chi connectivity index (χ4n) is 1.41. The minimum Gasteiger partial charge on any atom is -0.374 e. The fraction of sp³-hybridized carbons (Fsp3) is 0.857. The van der Waals surface area contributed by atoms with E-state index < -0.39 is 16.1 Å². The smallest absolute Gasteiger partial charge is 0.189 e.